The maximum atomic E-state index is 12.8. The van der Waals surface area contributed by atoms with E-state index in [0.29, 0.717) is 12.5 Å². The van der Waals surface area contributed by atoms with Crippen LogP contribution in [-0.2, 0) is 6.18 Å². The molecule has 0 radical (unpaired) electrons. The van der Waals surface area contributed by atoms with Crippen molar-refractivity contribution in [3.8, 4) is 17.4 Å². The number of hydroxylamine groups is 2. The number of benzene rings is 1. The van der Waals surface area contributed by atoms with Gasteiger partial charge in [-0.2, -0.15) is 13.2 Å². The maximum Gasteiger partial charge on any atom is 0.417 e. The van der Waals surface area contributed by atoms with Crippen molar-refractivity contribution in [3.05, 3.63) is 47.7 Å². The van der Waals surface area contributed by atoms with E-state index in [4.69, 9.17) is 14.3 Å². The lowest BCUT2D eigenvalue weighted by Gasteiger charge is -2.46. The number of nitrogens with zero attached hydrogens (tertiary/aromatic N) is 2. The predicted octanol–water partition coefficient (Wildman–Crippen LogP) is 6.20. The molecule has 0 N–H and O–H groups in total. The van der Waals surface area contributed by atoms with E-state index in [-0.39, 0.29) is 24.1 Å². The third-order valence-corrected chi connectivity index (χ3v) is 6.09. The standard InChI is InChI=1S/C25H31F3N2O3/c1-16(2)15-31-23-11-17(3)7-9-22(23)32-21-12-19-5-4-6-20(13-21)30(19)33-24-10-8-18(14-29-24)25(26,27)28/h7-11,14,16,19-21H,4-6,12-13,15H2,1-3H3/t19-,20+,21+. The van der Waals surface area contributed by atoms with Crippen molar-refractivity contribution < 1.29 is 27.5 Å². The highest BCUT2D eigenvalue weighted by Crippen LogP contribution is 2.38. The first-order valence-electron chi connectivity index (χ1n) is 11.6. The van der Waals surface area contributed by atoms with E-state index in [2.05, 4.69) is 18.8 Å². The summed E-state index contributed by atoms with van der Waals surface area (Å²) < 4.78 is 50.9. The molecule has 2 aliphatic heterocycles. The molecule has 0 aliphatic carbocycles. The summed E-state index contributed by atoms with van der Waals surface area (Å²) in [6.45, 7) is 6.87. The molecule has 0 saturated carbocycles. The summed E-state index contributed by atoms with van der Waals surface area (Å²) in [4.78, 5) is 9.84. The average molecular weight is 465 g/mol. The Morgan fingerprint density at radius 1 is 1.06 bits per heavy atom. The molecular weight excluding hydrogens is 433 g/mol. The van der Waals surface area contributed by atoms with Crippen molar-refractivity contribution in [2.45, 2.75) is 77.2 Å². The summed E-state index contributed by atoms with van der Waals surface area (Å²) >= 11 is 0. The Labute approximate surface area is 192 Å². The van der Waals surface area contributed by atoms with Gasteiger partial charge in [-0.25, -0.2) is 4.98 Å². The number of fused-ring (bicyclic) bond motifs is 2. The molecule has 3 heterocycles. The van der Waals surface area contributed by atoms with Gasteiger partial charge in [-0.3, -0.25) is 0 Å². The van der Waals surface area contributed by atoms with E-state index < -0.39 is 11.7 Å². The van der Waals surface area contributed by atoms with Crippen molar-refractivity contribution in [1.82, 2.24) is 10.0 Å². The minimum absolute atomic E-state index is 0.0184. The topological polar surface area (TPSA) is 43.8 Å². The first kappa shape index (κ1) is 23.7. The molecule has 0 amide bonds. The van der Waals surface area contributed by atoms with Crippen molar-refractivity contribution >= 4 is 0 Å². The van der Waals surface area contributed by atoms with Gasteiger partial charge in [-0.1, -0.05) is 26.3 Å². The summed E-state index contributed by atoms with van der Waals surface area (Å²) in [6.07, 6.45) is 0.953. The Morgan fingerprint density at radius 2 is 1.79 bits per heavy atom. The van der Waals surface area contributed by atoms with E-state index in [0.717, 1.165) is 61.4 Å². The molecule has 0 unspecified atom stereocenters. The van der Waals surface area contributed by atoms with Crippen LogP contribution in [0, 0.1) is 12.8 Å². The number of hydrogen-bond acceptors (Lipinski definition) is 5. The van der Waals surface area contributed by atoms with Gasteiger partial charge in [-0.05, 0) is 49.4 Å². The lowest BCUT2D eigenvalue weighted by atomic mass is 9.84. The summed E-state index contributed by atoms with van der Waals surface area (Å²) in [7, 11) is 0. The summed E-state index contributed by atoms with van der Waals surface area (Å²) in [6, 6.07) is 8.53. The molecule has 2 aliphatic rings. The van der Waals surface area contributed by atoms with Crippen molar-refractivity contribution in [2.75, 3.05) is 6.61 Å². The highest BCUT2D eigenvalue weighted by Gasteiger charge is 2.41. The van der Waals surface area contributed by atoms with Gasteiger partial charge in [0, 0.05) is 37.2 Å². The van der Waals surface area contributed by atoms with E-state index in [9.17, 15) is 13.2 Å². The van der Waals surface area contributed by atoms with E-state index in [1.807, 2.05) is 30.2 Å². The number of halogens is 3. The van der Waals surface area contributed by atoms with Gasteiger partial charge >= 0.3 is 6.18 Å². The fourth-order valence-corrected chi connectivity index (χ4v) is 4.51. The average Bonchev–Trinajstić information content (AvgIpc) is 2.74. The molecule has 8 heteroatoms. The molecular formula is C25H31F3N2O3. The van der Waals surface area contributed by atoms with Gasteiger partial charge in [0.05, 0.1) is 12.2 Å². The zero-order valence-corrected chi connectivity index (χ0v) is 19.3. The fourth-order valence-electron chi connectivity index (χ4n) is 4.51. The summed E-state index contributed by atoms with van der Waals surface area (Å²) in [5.74, 6) is 2.11. The summed E-state index contributed by atoms with van der Waals surface area (Å²) in [5.41, 5.74) is 0.334. The zero-order valence-electron chi connectivity index (χ0n) is 19.3. The van der Waals surface area contributed by atoms with Crippen LogP contribution in [0.25, 0.3) is 0 Å². The first-order chi connectivity index (χ1) is 15.7. The van der Waals surface area contributed by atoms with Crippen LogP contribution in [0.2, 0.25) is 0 Å². The third kappa shape index (κ3) is 5.91. The number of alkyl halides is 3. The first-order valence-corrected chi connectivity index (χ1v) is 11.6. The predicted molar refractivity (Wildman–Crippen MR) is 118 cm³/mol. The number of hydrogen-bond donors (Lipinski definition) is 0. The molecule has 3 atom stereocenters. The number of aromatic nitrogens is 1. The van der Waals surface area contributed by atoms with Crippen LogP contribution < -0.4 is 14.3 Å². The monoisotopic (exact) mass is 464 g/mol. The highest BCUT2D eigenvalue weighted by molar-refractivity contribution is 5.42. The molecule has 0 spiro atoms. The normalized spacial score (nSPS) is 23.4. The van der Waals surface area contributed by atoms with Gasteiger partial charge in [0.2, 0.25) is 5.88 Å². The van der Waals surface area contributed by atoms with Crippen LogP contribution in [0.4, 0.5) is 13.2 Å². The molecule has 1 aromatic carbocycles. The van der Waals surface area contributed by atoms with E-state index >= 15 is 0 Å². The molecule has 1 aromatic heterocycles. The number of rotatable bonds is 7. The van der Waals surface area contributed by atoms with Crippen LogP contribution in [0.15, 0.2) is 36.5 Å². The van der Waals surface area contributed by atoms with Crippen LogP contribution >= 0.6 is 0 Å². The third-order valence-electron chi connectivity index (χ3n) is 6.09. The molecule has 2 fully saturated rings. The Bertz CT molecular complexity index is 919. The second kappa shape index (κ2) is 9.79. The number of pyridine rings is 1. The van der Waals surface area contributed by atoms with Gasteiger partial charge in [-0.15, -0.1) is 5.06 Å². The largest absolute Gasteiger partial charge is 0.489 e. The Morgan fingerprint density at radius 3 is 2.39 bits per heavy atom. The second-order valence-electron chi connectivity index (χ2n) is 9.44. The quantitative estimate of drug-likeness (QED) is 0.488. The fraction of sp³-hybridized carbons (Fsp3) is 0.560. The van der Waals surface area contributed by atoms with Crippen LogP contribution in [0.5, 0.6) is 17.4 Å². The molecule has 180 valence electrons. The molecule has 2 saturated heterocycles. The lowest BCUT2D eigenvalue weighted by Crippen LogP contribution is -2.55. The van der Waals surface area contributed by atoms with Crippen LogP contribution in [-0.4, -0.2) is 34.8 Å². The zero-order chi connectivity index (χ0) is 23.6. The van der Waals surface area contributed by atoms with E-state index in [1.54, 1.807) is 0 Å². The number of aryl methyl sites for hydroxylation is 1. The van der Waals surface area contributed by atoms with E-state index in [1.165, 1.54) is 6.07 Å². The smallest absolute Gasteiger partial charge is 0.417 e. The SMILES string of the molecule is Cc1ccc(O[C@H]2C[C@H]3CCC[C@@H](C2)N3Oc2ccc(C(F)(F)F)cn2)c(OCC(C)C)c1. The summed E-state index contributed by atoms with van der Waals surface area (Å²) in [5, 5.41) is 1.92. The minimum atomic E-state index is -4.41. The molecule has 33 heavy (non-hydrogen) atoms. The Balaban J connectivity index is 1.43. The second-order valence-corrected chi connectivity index (χ2v) is 9.44. The maximum absolute atomic E-state index is 12.8. The minimum Gasteiger partial charge on any atom is -0.489 e. The van der Waals surface area contributed by atoms with Gasteiger partial charge in [0.25, 0.3) is 0 Å². The van der Waals surface area contributed by atoms with Crippen molar-refractivity contribution in [1.29, 1.82) is 0 Å². The Hall–Kier alpha value is -2.48. The molecule has 2 aromatic rings. The molecule has 4 rings (SSSR count). The highest BCUT2D eigenvalue weighted by atomic mass is 19.4. The van der Waals surface area contributed by atoms with Crippen LogP contribution in [0.1, 0.15) is 57.1 Å². The van der Waals surface area contributed by atoms with Gasteiger partial charge in [0.1, 0.15) is 6.10 Å². The Kier molecular flexibility index (Phi) is 7.02. The molecule has 5 nitrogen and oxygen atoms in total. The van der Waals surface area contributed by atoms with Crippen LogP contribution in [0.3, 0.4) is 0 Å². The van der Waals surface area contributed by atoms with Gasteiger partial charge < -0.3 is 14.3 Å². The van der Waals surface area contributed by atoms with Crippen molar-refractivity contribution in [2.24, 2.45) is 5.92 Å². The van der Waals surface area contributed by atoms with Crippen molar-refractivity contribution in [3.63, 3.8) is 0 Å². The lowest BCUT2D eigenvalue weighted by molar-refractivity contribution is -0.185. The number of piperidine rings is 2. The number of ether oxygens (including phenoxy) is 2. The molecule has 2 bridgehead atoms. The van der Waals surface area contributed by atoms with Gasteiger partial charge in [0.15, 0.2) is 11.5 Å².